The Morgan fingerprint density at radius 3 is 2.30 bits per heavy atom. The zero-order valence-corrected chi connectivity index (χ0v) is 31.7. The molecule has 0 radical (unpaired) electrons. The molecule has 0 fully saturated rings. The number of anilines is 3. The summed E-state index contributed by atoms with van der Waals surface area (Å²) in [6.45, 7) is 0. The minimum absolute atomic E-state index is 0. The van der Waals surface area contributed by atoms with Gasteiger partial charge in [0.1, 0.15) is 36.6 Å². The van der Waals surface area contributed by atoms with Gasteiger partial charge in [-0.2, -0.15) is 18.7 Å². The fraction of sp³-hybridized carbons (Fsp3) is 0. The van der Waals surface area contributed by atoms with E-state index in [2.05, 4.69) is 34.9 Å². The minimum Gasteiger partial charge on any atom is -0.744 e. The number of benzene rings is 3. The smallest absolute Gasteiger partial charge is 0.744 e. The zero-order chi connectivity index (χ0) is 30.1. The van der Waals surface area contributed by atoms with Crippen LogP contribution in [0.25, 0.3) is 10.8 Å². The first-order valence-electron chi connectivity index (χ1n) is 10.4. The van der Waals surface area contributed by atoms with Gasteiger partial charge in [-0.05, 0) is 35.7 Å². The number of phenols is 1. The minimum atomic E-state index is -5.13. The van der Waals surface area contributed by atoms with Gasteiger partial charge in [-0.1, -0.05) is 23.7 Å². The first-order chi connectivity index (χ1) is 19.2. The van der Waals surface area contributed by atoms with Crippen LogP contribution in [0.3, 0.4) is 0 Å². The largest absolute Gasteiger partial charge is 1.00 e. The number of nitrogens with one attached hydrogen (secondary N) is 1. The molecular weight excluding hydrogens is 704 g/mol. The number of hydrogen-bond acceptors (Lipinski definition) is 17. The molecule has 16 nitrogen and oxygen atoms in total. The van der Waals surface area contributed by atoms with E-state index in [1.54, 1.807) is 0 Å². The number of nitrogens with zero attached hydrogens (tertiary/aromatic N) is 4. The maximum absolute atomic E-state index is 14.1. The van der Waals surface area contributed by atoms with Crippen LogP contribution in [0, 0.1) is 5.95 Å². The van der Waals surface area contributed by atoms with Crippen molar-refractivity contribution < 1.29 is 139 Å². The molecule has 0 amide bonds. The number of halogens is 2. The molecule has 0 saturated heterocycles. The summed E-state index contributed by atoms with van der Waals surface area (Å²) in [5.41, 5.74) is 4.12. The second-order valence-corrected chi connectivity index (χ2v) is 11.4. The monoisotopic (exact) mass is 714 g/mol. The molecule has 4 aromatic rings. The molecule has 0 bridgehead atoms. The quantitative estimate of drug-likeness (QED) is 0.0277. The summed E-state index contributed by atoms with van der Waals surface area (Å²) in [5.74, 6) is -3.14. The van der Waals surface area contributed by atoms with Crippen molar-refractivity contribution in [1.82, 2.24) is 9.97 Å². The van der Waals surface area contributed by atoms with Crippen LogP contribution >= 0.6 is 23.6 Å². The molecule has 24 heteroatoms. The summed E-state index contributed by atoms with van der Waals surface area (Å²) in [6, 6.07) is 7.39. The van der Waals surface area contributed by atoms with Gasteiger partial charge in [-0.3, -0.25) is 5.04 Å². The Kier molecular flexibility index (Phi) is 15.9. The molecule has 4 N–H and O–H groups in total. The molecule has 0 aliphatic heterocycles. The van der Waals surface area contributed by atoms with E-state index in [-0.39, 0.29) is 122 Å². The molecule has 0 saturated carbocycles. The van der Waals surface area contributed by atoms with E-state index < -0.39 is 69.9 Å². The van der Waals surface area contributed by atoms with E-state index >= 15 is 0 Å². The Labute approximate surface area is 323 Å². The third-order valence-corrected chi connectivity index (χ3v) is 7.68. The number of nitrogen functional groups attached to an aromatic ring is 1. The van der Waals surface area contributed by atoms with Crippen LogP contribution in [0.1, 0.15) is 0 Å². The van der Waals surface area contributed by atoms with Crippen LogP contribution < -0.4 is 105 Å². The van der Waals surface area contributed by atoms with Gasteiger partial charge in [-0.15, -0.1) is 10.2 Å². The number of hydrogen-bond donors (Lipinski definition) is 3. The van der Waals surface area contributed by atoms with Crippen molar-refractivity contribution in [2.45, 2.75) is 14.7 Å². The Morgan fingerprint density at radius 1 is 1.02 bits per heavy atom. The Hall–Kier alpha value is -0.730. The van der Waals surface area contributed by atoms with Crippen LogP contribution in [0.2, 0.25) is 5.02 Å². The zero-order valence-electron chi connectivity index (χ0n) is 22.5. The van der Waals surface area contributed by atoms with Crippen molar-refractivity contribution in [1.29, 1.82) is 0 Å². The fourth-order valence-corrected chi connectivity index (χ4v) is 5.18. The van der Waals surface area contributed by atoms with Crippen LogP contribution in [-0.4, -0.2) is 41.0 Å². The number of nitrogens with two attached hydrogens (primary N) is 1. The molecule has 0 unspecified atom stereocenters. The van der Waals surface area contributed by atoms with E-state index in [4.69, 9.17) is 17.3 Å². The summed E-state index contributed by atoms with van der Waals surface area (Å²) in [7, 11) is -10.1. The van der Waals surface area contributed by atoms with Crippen LogP contribution in [0.5, 0.6) is 5.75 Å². The fourth-order valence-electron chi connectivity index (χ4n) is 3.41. The van der Waals surface area contributed by atoms with Gasteiger partial charge in [0, 0.05) is 5.39 Å². The van der Waals surface area contributed by atoms with Crippen molar-refractivity contribution in [3.8, 4) is 5.75 Å². The summed E-state index contributed by atoms with van der Waals surface area (Å²) in [6.07, 6.45) is 0. The number of rotatable bonds is 9. The van der Waals surface area contributed by atoms with Crippen molar-refractivity contribution in [3.05, 3.63) is 53.4 Å². The van der Waals surface area contributed by atoms with Gasteiger partial charge in [0.25, 0.3) is 0 Å². The number of aromatic hydroxyl groups is 1. The third kappa shape index (κ3) is 9.65. The van der Waals surface area contributed by atoms with Crippen molar-refractivity contribution in [3.63, 3.8) is 0 Å². The topological polar surface area (TPSA) is 265 Å². The summed E-state index contributed by atoms with van der Waals surface area (Å²) < 4.78 is 88.7. The normalized spacial score (nSPS) is 11.5. The van der Waals surface area contributed by atoms with Crippen molar-refractivity contribution >= 4 is 83.5 Å². The maximum atomic E-state index is 14.1. The van der Waals surface area contributed by atoms with E-state index in [0.717, 1.165) is 30.3 Å². The second-order valence-electron chi connectivity index (χ2n) is 7.60. The van der Waals surface area contributed by atoms with E-state index in [1.807, 2.05) is 0 Å². The first kappa shape index (κ1) is 41.3. The number of fused-ring (bicyclic) bond motifs is 1. The average molecular weight is 715 g/mol. The first-order valence-corrected chi connectivity index (χ1v) is 14.3. The number of azo groups is 1. The van der Waals surface area contributed by atoms with Crippen molar-refractivity contribution in [2.24, 2.45) is 10.2 Å². The summed E-state index contributed by atoms with van der Waals surface area (Å²) in [4.78, 5) is 5.11. The standard InChI is InChI=1S/C20H14ClFN6O10S3.3Na/c21-15-18(22)25-20(23)26-19(15)24-11-7-9(40(31,32)33)5-8-6-12(39-38-37-30)16(17(29)14(8)11)28-27-10-3-1-2-4-13(10)41(34,35)36;;;/h1-7,29-30H,(H,31,32,33)(H,34,35,36)(H3,23,24,25,26);;;/q;3*+1/p-3. The Balaban J connectivity index is 0.00000323. The molecular formula is C20H11ClFN6Na3O10S3. The van der Waals surface area contributed by atoms with E-state index in [1.165, 1.54) is 12.1 Å². The predicted octanol–water partition coefficient (Wildman–Crippen LogP) is -6.08. The average Bonchev–Trinajstić information content (AvgIpc) is 2.88. The molecule has 0 atom stereocenters. The second kappa shape index (κ2) is 16.9. The van der Waals surface area contributed by atoms with Crippen molar-refractivity contribution in [2.75, 3.05) is 11.1 Å². The van der Waals surface area contributed by atoms with Crippen LogP contribution in [0.15, 0.2) is 67.4 Å². The Bertz CT molecular complexity index is 1950. The molecule has 0 aliphatic carbocycles. The van der Waals surface area contributed by atoms with Gasteiger partial charge < -0.3 is 30.5 Å². The van der Waals surface area contributed by atoms with Gasteiger partial charge in [-0.25, -0.2) is 16.8 Å². The molecule has 1 heterocycles. The van der Waals surface area contributed by atoms with Gasteiger partial charge >= 0.3 is 88.7 Å². The van der Waals surface area contributed by atoms with Gasteiger partial charge in [0.2, 0.25) is 11.9 Å². The Morgan fingerprint density at radius 2 is 1.68 bits per heavy atom. The third-order valence-electron chi connectivity index (χ3n) is 5.04. The number of phenolic OH excluding ortho intramolecular Hbond substituents is 1. The van der Waals surface area contributed by atoms with Gasteiger partial charge in [0.15, 0.2) is 11.6 Å². The summed E-state index contributed by atoms with van der Waals surface area (Å²) in [5, 5.41) is 33.8. The molecule has 3 aromatic carbocycles. The molecule has 0 aliphatic rings. The summed E-state index contributed by atoms with van der Waals surface area (Å²) >= 11 is 6.05. The number of aromatic nitrogens is 2. The van der Waals surface area contributed by atoms with E-state index in [9.17, 15) is 40.7 Å². The SMILES string of the molecule is Nc1nc(F)c(Cl)c(Nc2cc(S(=O)(=O)[O-])cc3cc(SOO[O-])c(N=Nc4ccccc4S(=O)(=O)[O-])c(O)c23)n1.[Na+].[Na+].[Na+]. The molecule has 216 valence electrons. The molecule has 44 heavy (non-hydrogen) atoms. The van der Waals surface area contributed by atoms with E-state index in [0.29, 0.717) is 0 Å². The molecule has 0 spiro atoms. The predicted molar refractivity (Wildman–Crippen MR) is 135 cm³/mol. The van der Waals surface area contributed by atoms with Crippen LogP contribution in [0.4, 0.5) is 33.2 Å². The maximum Gasteiger partial charge on any atom is 1.00 e. The van der Waals surface area contributed by atoms with Crippen LogP contribution in [-0.2, 0) is 29.6 Å². The van der Waals surface area contributed by atoms with Gasteiger partial charge in [0.05, 0.1) is 32.4 Å². The molecule has 1 aromatic heterocycles. The molecule has 4 rings (SSSR count).